The van der Waals surface area contributed by atoms with Crippen molar-refractivity contribution in [1.29, 1.82) is 0 Å². The number of hydrogen-bond donors (Lipinski definition) is 3. The van der Waals surface area contributed by atoms with Gasteiger partial charge in [0.15, 0.2) is 20.8 Å². The summed E-state index contributed by atoms with van der Waals surface area (Å²) in [5.74, 6) is -4.80. The molecule has 10 nitrogen and oxygen atoms in total. The molecule has 2 rings (SSSR count). The molecule has 22 heavy (non-hydrogen) atoms. The van der Waals surface area contributed by atoms with Crippen molar-refractivity contribution in [2.24, 2.45) is 5.92 Å². The van der Waals surface area contributed by atoms with E-state index in [4.69, 9.17) is 0 Å². The zero-order valence-electron chi connectivity index (χ0n) is 11.1. The van der Waals surface area contributed by atoms with Crippen LogP contribution in [0.3, 0.4) is 0 Å². The number of nitrogens with one attached hydrogen (secondary N) is 3. The first kappa shape index (κ1) is 15.6. The lowest BCUT2D eigenvalue weighted by atomic mass is 10.1. The number of rotatable bonds is 3. The summed E-state index contributed by atoms with van der Waals surface area (Å²) in [5.41, 5.74) is 0.0925. The van der Waals surface area contributed by atoms with E-state index in [2.05, 4.69) is 10.3 Å². The first-order valence-electron chi connectivity index (χ1n) is 5.81. The van der Waals surface area contributed by atoms with E-state index in [-0.39, 0.29) is 10.7 Å². The fourth-order valence-corrected chi connectivity index (χ4v) is 2.20. The van der Waals surface area contributed by atoms with Crippen LogP contribution >= 0.6 is 0 Å². The van der Waals surface area contributed by atoms with E-state index < -0.39 is 39.5 Å². The minimum atomic E-state index is -3.48. The molecular formula is C11H10N4O6S. The molecule has 1 saturated heterocycles. The maximum Gasteiger partial charge on any atom is 0.328 e. The van der Waals surface area contributed by atoms with Crippen molar-refractivity contribution in [3.8, 4) is 0 Å². The Bertz CT molecular complexity index is 750. The van der Waals surface area contributed by atoms with Crippen LogP contribution in [0, 0.1) is 5.92 Å². The van der Waals surface area contributed by atoms with Crippen LogP contribution in [-0.2, 0) is 24.2 Å². The van der Waals surface area contributed by atoms with Gasteiger partial charge in [-0.25, -0.2) is 18.2 Å². The van der Waals surface area contributed by atoms with Gasteiger partial charge in [-0.15, -0.1) is 0 Å². The average molecular weight is 326 g/mol. The third-order valence-corrected chi connectivity index (χ3v) is 3.65. The third kappa shape index (κ3) is 3.25. The summed E-state index contributed by atoms with van der Waals surface area (Å²) < 4.78 is 22.5. The zero-order chi connectivity index (χ0) is 16.5. The number of hydrogen-bond acceptors (Lipinski definition) is 7. The molecule has 0 spiro atoms. The Balaban J connectivity index is 2.13. The van der Waals surface area contributed by atoms with Crippen LogP contribution in [0.2, 0.25) is 0 Å². The predicted molar refractivity (Wildman–Crippen MR) is 71.1 cm³/mol. The molecule has 0 atom stereocenters. The summed E-state index contributed by atoms with van der Waals surface area (Å²) in [4.78, 5) is 49.4. The number of imide groups is 2. The van der Waals surface area contributed by atoms with Crippen LogP contribution in [0.4, 0.5) is 10.5 Å². The number of barbiturate groups is 1. The smallest absolute Gasteiger partial charge is 0.324 e. The molecule has 0 saturated carbocycles. The molecule has 0 unspecified atom stereocenters. The maximum atomic E-state index is 11.9. The second-order valence-electron chi connectivity index (χ2n) is 4.39. The largest absolute Gasteiger partial charge is 0.328 e. The number of nitrogens with zero attached hydrogens (tertiary/aromatic N) is 1. The van der Waals surface area contributed by atoms with Gasteiger partial charge >= 0.3 is 6.03 Å². The van der Waals surface area contributed by atoms with E-state index >= 15 is 0 Å². The standard InChI is InChI=1S/C11H10N4O6S/c1-22(20,21)6-3-2-5(4-12-6)13-8(16)7-9(17)14-11(19)15-10(7)18/h2-4,7H,1H3,(H,13,16)(H2,14,15,17,18,19). The highest BCUT2D eigenvalue weighted by Crippen LogP contribution is 2.12. The number of aromatic nitrogens is 1. The number of pyridine rings is 1. The van der Waals surface area contributed by atoms with Gasteiger partial charge in [0, 0.05) is 6.26 Å². The Kier molecular flexibility index (Phi) is 3.91. The van der Waals surface area contributed by atoms with Gasteiger partial charge in [0.25, 0.3) is 0 Å². The summed E-state index contributed by atoms with van der Waals surface area (Å²) in [6.45, 7) is 0. The normalized spacial score (nSPS) is 16.0. The number of carbonyl (C=O) groups is 4. The summed E-state index contributed by atoms with van der Waals surface area (Å²) in [7, 11) is -3.48. The lowest BCUT2D eigenvalue weighted by Gasteiger charge is -2.19. The van der Waals surface area contributed by atoms with Crippen LogP contribution in [0.5, 0.6) is 0 Å². The second-order valence-corrected chi connectivity index (χ2v) is 6.35. The minimum absolute atomic E-state index is 0.0925. The molecule has 1 aliphatic rings. The van der Waals surface area contributed by atoms with E-state index in [1.165, 1.54) is 6.07 Å². The van der Waals surface area contributed by atoms with Gasteiger partial charge in [-0.3, -0.25) is 25.0 Å². The fraction of sp³-hybridized carbons (Fsp3) is 0.182. The molecule has 3 N–H and O–H groups in total. The predicted octanol–water partition coefficient (Wildman–Crippen LogP) is -1.59. The average Bonchev–Trinajstić information content (AvgIpc) is 2.36. The Hall–Kier alpha value is -2.82. The number of urea groups is 1. The molecule has 1 aliphatic heterocycles. The molecule has 0 bridgehead atoms. The van der Waals surface area contributed by atoms with Crippen LogP contribution in [0.25, 0.3) is 0 Å². The quantitative estimate of drug-likeness (QED) is 0.566. The first-order chi connectivity index (χ1) is 10.2. The summed E-state index contributed by atoms with van der Waals surface area (Å²) in [6.07, 6.45) is 2.04. The van der Waals surface area contributed by atoms with Gasteiger partial charge in [-0.05, 0) is 12.1 Å². The molecule has 5 amide bonds. The zero-order valence-corrected chi connectivity index (χ0v) is 11.9. The highest BCUT2D eigenvalue weighted by molar-refractivity contribution is 7.90. The highest BCUT2D eigenvalue weighted by atomic mass is 32.2. The fourth-order valence-electron chi connectivity index (χ4n) is 1.64. The van der Waals surface area contributed by atoms with Crippen LogP contribution in [0.1, 0.15) is 0 Å². The number of anilines is 1. The monoisotopic (exact) mass is 326 g/mol. The van der Waals surface area contributed by atoms with Crippen molar-refractivity contribution < 1.29 is 27.6 Å². The van der Waals surface area contributed by atoms with E-state index in [9.17, 15) is 27.6 Å². The van der Waals surface area contributed by atoms with Crippen molar-refractivity contribution in [3.63, 3.8) is 0 Å². The van der Waals surface area contributed by atoms with Crippen molar-refractivity contribution in [2.45, 2.75) is 5.03 Å². The molecule has 1 fully saturated rings. The van der Waals surface area contributed by atoms with E-state index in [0.29, 0.717) is 0 Å². The van der Waals surface area contributed by atoms with E-state index in [1.807, 2.05) is 0 Å². The Morgan fingerprint density at radius 3 is 2.23 bits per heavy atom. The summed E-state index contributed by atoms with van der Waals surface area (Å²) in [6, 6.07) is 1.42. The summed E-state index contributed by atoms with van der Waals surface area (Å²) in [5, 5.41) is 5.63. The van der Waals surface area contributed by atoms with Gasteiger partial charge in [-0.1, -0.05) is 0 Å². The van der Waals surface area contributed by atoms with Crippen LogP contribution in [-0.4, -0.2) is 43.4 Å². The molecule has 2 heterocycles. The lowest BCUT2D eigenvalue weighted by molar-refractivity contribution is -0.141. The van der Waals surface area contributed by atoms with Gasteiger partial charge in [0.2, 0.25) is 17.7 Å². The first-order valence-corrected chi connectivity index (χ1v) is 7.70. The van der Waals surface area contributed by atoms with Crippen LogP contribution in [0.15, 0.2) is 23.4 Å². The Morgan fingerprint density at radius 2 is 1.77 bits per heavy atom. The van der Waals surface area contributed by atoms with E-state index in [1.54, 1.807) is 10.6 Å². The lowest BCUT2D eigenvalue weighted by Crippen LogP contribution is -2.58. The molecule has 11 heteroatoms. The van der Waals surface area contributed by atoms with Crippen molar-refractivity contribution in [3.05, 3.63) is 18.3 Å². The SMILES string of the molecule is CS(=O)(=O)c1ccc(NC(=O)C2C(=O)NC(=O)NC2=O)cn1. The maximum absolute atomic E-state index is 11.9. The number of amides is 5. The molecular weight excluding hydrogens is 316 g/mol. The Morgan fingerprint density at radius 1 is 1.18 bits per heavy atom. The van der Waals surface area contributed by atoms with Crippen molar-refractivity contribution >= 4 is 39.3 Å². The third-order valence-electron chi connectivity index (χ3n) is 2.64. The molecule has 0 aliphatic carbocycles. The molecule has 1 aromatic heterocycles. The minimum Gasteiger partial charge on any atom is -0.324 e. The van der Waals surface area contributed by atoms with Crippen molar-refractivity contribution in [2.75, 3.05) is 11.6 Å². The topological polar surface area (TPSA) is 151 Å². The highest BCUT2D eigenvalue weighted by Gasteiger charge is 2.39. The number of sulfone groups is 1. The second kappa shape index (κ2) is 5.52. The molecule has 0 radical (unpaired) electrons. The van der Waals surface area contributed by atoms with Gasteiger partial charge < -0.3 is 5.32 Å². The van der Waals surface area contributed by atoms with Gasteiger partial charge in [0.1, 0.15) is 0 Å². The molecule has 1 aromatic rings. The Labute approximate surface area is 124 Å². The molecule has 116 valence electrons. The van der Waals surface area contributed by atoms with Crippen LogP contribution < -0.4 is 16.0 Å². The van der Waals surface area contributed by atoms with Gasteiger partial charge in [0.05, 0.1) is 11.9 Å². The van der Waals surface area contributed by atoms with Gasteiger partial charge in [-0.2, -0.15) is 0 Å². The molecule has 0 aromatic carbocycles. The summed E-state index contributed by atoms with van der Waals surface area (Å²) >= 11 is 0. The van der Waals surface area contributed by atoms with Crippen molar-refractivity contribution in [1.82, 2.24) is 15.6 Å². The number of carbonyl (C=O) groups excluding carboxylic acids is 4. The van der Waals surface area contributed by atoms with E-state index in [0.717, 1.165) is 18.5 Å².